The van der Waals surface area contributed by atoms with Crippen LogP contribution in [0.4, 0.5) is 15.8 Å². The van der Waals surface area contributed by atoms with Crippen molar-refractivity contribution in [1.82, 2.24) is 0 Å². The highest BCUT2D eigenvalue weighted by Gasteiger charge is 2.50. The van der Waals surface area contributed by atoms with Gasteiger partial charge in [0, 0.05) is 42.6 Å². The Bertz CT molecular complexity index is 1180. The lowest BCUT2D eigenvalue weighted by molar-refractivity contribution is -0.121. The molecule has 0 fully saturated rings. The Morgan fingerprint density at radius 1 is 1.06 bits per heavy atom. The molecule has 3 N–H and O–H groups in total. The van der Waals surface area contributed by atoms with E-state index in [1.54, 1.807) is 32.4 Å². The van der Waals surface area contributed by atoms with Gasteiger partial charge < -0.3 is 25.2 Å². The van der Waals surface area contributed by atoms with E-state index in [0.717, 1.165) is 22.4 Å². The Morgan fingerprint density at radius 2 is 1.74 bits per heavy atom. The molecule has 1 aliphatic heterocycles. The van der Waals surface area contributed by atoms with Gasteiger partial charge in [-0.25, -0.2) is 4.39 Å². The first-order valence-electron chi connectivity index (χ1n) is 11.8. The van der Waals surface area contributed by atoms with Gasteiger partial charge in [0.25, 0.3) is 0 Å². The first kappa shape index (κ1) is 24.5. The van der Waals surface area contributed by atoms with Gasteiger partial charge in [-0.2, -0.15) is 0 Å². The third-order valence-electron chi connectivity index (χ3n) is 6.48. The number of carbonyl (C=O) groups excluding carboxylic acids is 1. The molecule has 0 aromatic heterocycles. The number of Topliss-reactive ketones (excluding diaryl/α,β-unsaturated/α-hetero) is 1. The minimum absolute atomic E-state index is 0.0437. The maximum absolute atomic E-state index is 13.9. The first-order valence-corrected chi connectivity index (χ1v) is 11.8. The summed E-state index contributed by atoms with van der Waals surface area (Å²) in [5.74, 6) is 0.302. The molecule has 0 saturated heterocycles. The molecule has 0 aliphatic carbocycles. The molecule has 6 nitrogen and oxygen atoms in total. The number of aryl methyl sites for hydroxylation is 1. The molecule has 1 aliphatic rings. The minimum Gasteiger partial charge on any atom is -0.497 e. The quantitative estimate of drug-likeness (QED) is 0.371. The zero-order valence-corrected chi connectivity index (χ0v) is 20.2. The lowest BCUT2D eigenvalue weighted by Gasteiger charge is -2.38. The number of hydrogen-bond donors (Lipinski definition) is 3. The second-order valence-electron chi connectivity index (χ2n) is 8.67. The zero-order chi connectivity index (χ0) is 25.0. The number of ether oxygens (including phenoxy) is 2. The molecule has 3 aromatic rings. The molecule has 2 unspecified atom stereocenters. The fraction of sp³-hybridized carbons (Fsp3) is 0.321. The van der Waals surface area contributed by atoms with Crippen LogP contribution < -0.4 is 20.1 Å². The Balaban J connectivity index is 1.89. The normalized spacial score (nSPS) is 18.5. The third kappa shape index (κ3) is 4.82. The van der Waals surface area contributed by atoms with Gasteiger partial charge in [0.05, 0.1) is 20.1 Å². The van der Waals surface area contributed by atoms with Gasteiger partial charge in [-0.15, -0.1) is 0 Å². The summed E-state index contributed by atoms with van der Waals surface area (Å²) in [4.78, 5) is 13.6. The van der Waals surface area contributed by atoms with E-state index < -0.39 is 11.6 Å². The summed E-state index contributed by atoms with van der Waals surface area (Å²) in [7, 11) is 3.16. The lowest BCUT2D eigenvalue weighted by atomic mass is 9.80. The van der Waals surface area contributed by atoms with Crippen LogP contribution in [0, 0.1) is 5.82 Å². The molecule has 0 radical (unpaired) electrons. The van der Waals surface area contributed by atoms with Crippen molar-refractivity contribution in [2.24, 2.45) is 0 Å². The number of methoxy groups -OCH3 is 2. The average Bonchev–Trinajstić information content (AvgIpc) is 3.20. The van der Waals surface area contributed by atoms with E-state index in [2.05, 4.69) is 10.6 Å². The van der Waals surface area contributed by atoms with Crippen molar-refractivity contribution in [1.29, 1.82) is 0 Å². The number of benzene rings is 3. The topological polar surface area (TPSA) is 79.8 Å². The predicted octanol–water partition coefficient (Wildman–Crippen LogP) is 5.22. The molecule has 4 rings (SSSR count). The van der Waals surface area contributed by atoms with Crippen molar-refractivity contribution in [3.63, 3.8) is 0 Å². The van der Waals surface area contributed by atoms with E-state index in [-0.39, 0.29) is 18.2 Å². The molecule has 0 amide bonds. The Hall–Kier alpha value is -3.58. The average molecular weight is 479 g/mol. The van der Waals surface area contributed by atoms with Crippen molar-refractivity contribution >= 4 is 17.2 Å². The molecule has 3 aromatic carbocycles. The molecule has 0 spiro atoms. The van der Waals surface area contributed by atoms with E-state index in [1.165, 1.54) is 12.1 Å². The highest BCUT2D eigenvalue weighted by molar-refractivity contribution is 5.93. The number of rotatable bonds is 10. The summed E-state index contributed by atoms with van der Waals surface area (Å²) < 4.78 is 24.8. The van der Waals surface area contributed by atoms with Crippen molar-refractivity contribution in [3.8, 4) is 11.5 Å². The lowest BCUT2D eigenvalue weighted by Crippen LogP contribution is -2.47. The summed E-state index contributed by atoms with van der Waals surface area (Å²) in [5, 5.41) is 16.4. The number of anilines is 2. The van der Waals surface area contributed by atoms with Gasteiger partial charge in [0.2, 0.25) is 0 Å². The summed E-state index contributed by atoms with van der Waals surface area (Å²) in [6.07, 6.45) is 1.68. The Morgan fingerprint density at radius 3 is 2.34 bits per heavy atom. The maximum Gasteiger partial charge on any atom is 0.149 e. The summed E-state index contributed by atoms with van der Waals surface area (Å²) in [5.41, 5.74) is 3.08. The number of ketones is 1. The Labute approximate surface area is 205 Å². The van der Waals surface area contributed by atoms with Crippen molar-refractivity contribution in [3.05, 3.63) is 83.2 Å². The number of carbonyl (C=O) groups is 1. The van der Waals surface area contributed by atoms with Gasteiger partial charge in [-0.05, 0) is 47.7 Å². The van der Waals surface area contributed by atoms with Gasteiger partial charge in [0.15, 0.2) is 0 Å². The monoisotopic (exact) mass is 478 g/mol. The summed E-state index contributed by atoms with van der Waals surface area (Å²) in [6.45, 7) is 1.95. The smallest absolute Gasteiger partial charge is 0.149 e. The summed E-state index contributed by atoms with van der Waals surface area (Å²) >= 11 is 0. The molecule has 0 bridgehead atoms. The van der Waals surface area contributed by atoms with Crippen molar-refractivity contribution < 1.29 is 23.8 Å². The van der Waals surface area contributed by atoms with Gasteiger partial charge in [0.1, 0.15) is 28.8 Å². The second kappa shape index (κ2) is 10.4. The Kier molecular flexibility index (Phi) is 7.26. The van der Waals surface area contributed by atoms with Gasteiger partial charge in [-0.1, -0.05) is 31.2 Å². The van der Waals surface area contributed by atoms with E-state index in [9.17, 15) is 14.3 Å². The molecule has 7 heteroatoms. The van der Waals surface area contributed by atoms with Crippen LogP contribution >= 0.6 is 0 Å². The number of hydrogen-bond acceptors (Lipinski definition) is 6. The molecule has 184 valence electrons. The standard InChI is InChI=1S/C28H31FN2O4/c1-4-26(33)27-24-14-18(6-5-13-32)7-12-25(24)31-28(27,19-8-10-20(29)11-9-19)30-21-15-22(34-2)17-23(16-21)35-3/h7-12,14-17,27,30-32H,4-6,13H2,1-3H3. The van der Waals surface area contributed by atoms with E-state index in [0.29, 0.717) is 36.4 Å². The van der Waals surface area contributed by atoms with Gasteiger partial charge >= 0.3 is 0 Å². The third-order valence-corrected chi connectivity index (χ3v) is 6.48. The largest absolute Gasteiger partial charge is 0.497 e. The first-order chi connectivity index (χ1) is 16.9. The fourth-order valence-corrected chi connectivity index (χ4v) is 4.77. The van der Waals surface area contributed by atoms with Crippen LogP contribution in [0.5, 0.6) is 11.5 Å². The predicted molar refractivity (Wildman–Crippen MR) is 135 cm³/mol. The molecule has 0 saturated carbocycles. The SMILES string of the molecule is CCC(=O)C1c2cc(CCCO)ccc2NC1(Nc1cc(OC)cc(OC)c1)c1ccc(F)cc1. The molecular weight excluding hydrogens is 447 g/mol. The van der Waals surface area contributed by atoms with Crippen LogP contribution in [0.3, 0.4) is 0 Å². The van der Waals surface area contributed by atoms with Crippen molar-refractivity contribution in [2.45, 2.75) is 37.8 Å². The van der Waals surface area contributed by atoms with E-state index in [4.69, 9.17) is 9.47 Å². The van der Waals surface area contributed by atoms with Crippen molar-refractivity contribution in [2.75, 3.05) is 31.5 Å². The second-order valence-corrected chi connectivity index (χ2v) is 8.67. The van der Waals surface area contributed by atoms with Crippen LogP contribution in [-0.2, 0) is 16.9 Å². The number of halogens is 1. The number of nitrogens with one attached hydrogen (secondary N) is 2. The van der Waals surface area contributed by atoms with Crippen LogP contribution in [0.1, 0.15) is 42.4 Å². The fourth-order valence-electron chi connectivity index (χ4n) is 4.77. The maximum atomic E-state index is 13.9. The van der Waals surface area contributed by atoms with Gasteiger partial charge in [-0.3, -0.25) is 4.79 Å². The number of aliphatic hydroxyl groups excluding tert-OH is 1. The minimum atomic E-state index is -1.07. The highest BCUT2D eigenvalue weighted by atomic mass is 19.1. The zero-order valence-electron chi connectivity index (χ0n) is 20.2. The van der Waals surface area contributed by atoms with Crippen LogP contribution in [0.15, 0.2) is 60.7 Å². The highest BCUT2D eigenvalue weighted by Crippen LogP contribution is 2.50. The molecule has 2 atom stereocenters. The van der Waals surface area contributed by atoms with E-state index in [1.807, 2.05) is 37.3 Å². The van der Waals surface area contributed by atoms with Crippen LogP contribution in [-0.4, -0.2) is 31.7 Å². The molecule has 1 heterocycles. The molecular formula is C28H31FN2O4. The van der Waals surface area contributed by atoms with Crippen LogP contribution in [0.25, 0.3) is 0 Å². The van der Waals surface area contributed by atoms with E-state index >= 15 is 0 Å². The number of aliphatic hydroxyl groups is 1. The van der Waals surface area contributed by atoms with Crippen LogP contribution in [0.2, 0.25) is 0 Å². The number of fused-ring (bicyclic) bond motifs is 1. The molecule has 35 heavy (non-hydrogen) atoms. The summed E-state index contributed by atoms with van der Waals surface area (Å²) in [6, 6.07) is 17.6.